The molecule has 27 heavy (non-hydrogen) atoms. The van der Waals surface area contributed by atoms with E-state index in [0.29, 0.717) is 6.42 Å². The van der Waals surface area contributed by atoms with E-state index < -0.39 is 0 Å². The van der Waals surface area contributed by atoms with Crippen LogP contribution in [-0.4, -0.2) is 30.9 Å². The van der Waals surface area contributed by atoms with Crippen LogP contribution in [0, 0.1) is 12.8 Å². The van der Waals surface area contributed by atoms with Gasteiger partial charge in [-0.1, -0.05) is 43.3 Å². The van der Waals surface area contributed by atoms with Gasteiger partial charge in [0.25, 0.3) is 0 Å². The molecule has 2 aromatic rings. The number of likely N-dealkylation sites (tertiary alicyclic amines) is 1. The summed E-state index contributed by atoms with van der Waals surface area (Å²) in [7, 11) is 1.63. The first-order valence-electron chi connectivity index (χ1n) is 10.0. The number of nitrogens with zero attached hydrogens (tertiary/aromatic N) is 1. The van der Waals surface area contributed by atoms with E-state index in [4.69, 9.17) is 4.74 Å². The number of Topliss-reactive ketones (excluding diaryl/α,β-unsaturated/α-hetero) is 1. The molecule has 4 rings (SSSR count). The van der Waals surface area contributed by atoms with E-state index in [9.17, 15) is 4.79 Å². The zero-order chi connectivity index (χ0) is 19.2. The third-order valence-corrected chi connectivity index (χ3v) is 5.67. The summed E-state index contributed by atoms with van der Waals surface area (Å²) in [5, 5.41) is 0. The van der Waals surface area contributed by atoms with Gasteiger partial charge in [0.05, 0.1) is 7.11 Å². The van der Waals surface area contributed by atoms with Crippen molar-refractivity contribution in [2.24, 2.45) is 5.92 Å². The predicted molar refractivity (Wildman–Crippen MR) is 110 cm³/mol. The van der Waals surface area contributed by atoms with E-state index in [0.717, 1.165) is 35.8 Å². The Balaban J connectivity index is 0.000000156. The van der Waals surface area contributed by atoms with Gasteiger partial charge in [0.2, 0.25) is 0 Å². The van der Waals surface area contributed by atoms with E-state index in [1.165, 1.54) is 37.1 Å². The van der Waals surface area contributed by atoms with Crippen LogP contribution in [0.2, 0.25) is 0 Å². The van der Waals surface area contributed by atoms with E-state index in [-0.39, 0.29) is 5.78 Å². The van der Waals surface area contributed by atoms with Gasteiger partial charge in [-0.05, 0) is 68.0 Å². The van der Waals surface area contributed by atoms with E-state index >= 15 is 0 Å². The van der Waals surface area contributed by atoms with Crippen molar-refractivity contribution in [1.29, 1.82) is 0 Å². The van der Waals surface area contributed by atoms with Crippen molar-refractivity contribution in [2.75, 3.05) is 20.2 Å². The number of aryl methyl sites for hydroxylation is 2. The molecule has 0 spiro atoms. The number of piperidine rings is 1. The van der Waals surface area contributed by atoms with Crippen LogP contribution in [0.3, 0.4) is 0 Å². The Morgan fingerprint density at radius 2 is 1.78 bits per heavy atom. The highest BCUT2D eigenvalue weighted by Crippen LogP contribution is 2.29. The highest BCUT2D eigenvalue weighted by atomic mass is 16.5. The summed E-state index contributed by atoms with van der Waals surface area (Å²) in [4.78, 5) is 14.0. The van der Waals surface area contributed by atoms with Gasteiger partial charge in [0, 0.05) is 18.5 Å². The minimum Gasteiger partial charge on any atom is -0.496 e. The molecule has 0 aromatic heterocycles. The monoisotopic (exact) mass is 365 g/mol. The molecule has 3 heteroatoms. The second kappa shape index (κ2) is 9.18. The second-order valence-electron chi connectivity index (χ2n) is 7.85. The van der Waals surface area contributed by atoms with Crippen LogP contribution in [0.15, 0.2) is 42.5 Å². The van der Waals surface area contributed by atoms with Crippen LogP contribution in [0.5, 0.6) is 5.75 Å². The third-order valence-electron chi connectivity index (χ3n) is 5.67. The van der Waals surface area contributed by atoms with Gasteiger partial charge >= 0.3 is 0 Å². The average molecular weight is 366 g/mol. The predicted octanol–water partition coefficient (Wildman–Crippen LogP) is 5.05. The van der Waals surface area contributed by atoms with Crippen molar-refractivity contribution in [3.8, 4) is 5.75 Å². The lowest BCUT2D eigenvalue weighted by Crippen LogP contribution is -2.32. The fraction of sp³-hybridized carbons (Fsp3) is 0.458. The molecule has 0 radical (unpaired) electrons. The van der Waals surface area contributed by atoms with Crippen LogP contribution < -0.4 is 4.74 Å². The molecule has 1 saturated heterocycles. The lowest BCUT2D eigenvalue weighted by Gasteiger charge is -2.30. The molecule has 0 bridgehead atoms. The summed E-state index contributed by atoms with van der Waals surface area (Å²) in [5.74, 6) is 1.99. The third kappa shape index (κ3) is 5.20. The van der Waals surface area contributed by atoms with E-state index in [1.54, 1.807) is 7.11 Å². The van der Waals surface area contributed by atoms with Gasteiger partial charge in [0.1, 0.15) is 5.75 Å². The summed E-state index contributed by atoms with van der Waals surface area (Å²) >= 11 is 0. The van der Waals surface area contributed by atoms with Gasteiger partial charge in [-0.15, -0.1) is 0 Å². The number of fused-ring (bicyclic) bond motifs is 1. The number of methoxy groups -OCH3 is 1. The van der Waals surface area contributed by atoms with Crippen molar-refractivity contribution in [3.05, 3.63) is 64.7 Å². The molecule has 0 amide bonds. The lowest BCUT2D eigenvalue weighted by molar-refractivity contribution is 0.0994. The Morgan fingerprint density at radius 3 is 2.44 bits per heavy atom. The maximum atomic E-state index is 11.4. The summed E-state index contributed by atoms with van der Waals surface area (Å²) in [5.41, 5.74) is 4.57. The first-order chi connectivity index (χ1) is 13.1. The molecule has 1 aliphatic heterocycles. The normalized spacial score (nSPS) is 17.2. The second-order valence-corrected chi connectivity index (χ2v) is 7.85. The van der Waals surface area contributed by atoms with Crippen molar-refractivity contribution in [1.82, 2.24) is 4.90 Å². The standard InChI is InChI=1S/C13H19N.C11H12O2/c1-12-7-9-14(10-8-12)11-13-5-3-2-4-6-13;1-7-5-8-3-4-10(12)9(8)6-11(7)13-2/h2-6,12H,7-11H2,1H3;5-6H,3-4H2,1-2H3. The smallest absolute Gasteiger partial charge is 0.163 e. The Kier molecular flexibility index (Phi) is 6.68. The zero-order valence-corrected chi connectivity index (χ0v) is 16.8. The number of ketones is 1. The Morgan fingerprint density at radius 1 is 1.07 bits per heavy atom. The molecular formula is C24H31NO2. The zero-order valence-electron chi connectivity index (χ0n) is 16.8. The van der Waals surface area contributed by atoms with Gasteiger partial charge in [-0.3, -0.25) is 9.69 Å². The minimum absolute atomic E-state index is 0.244. The van der Waals surface area contributed by atoms with Crippen LogP contribution in [0.25, 0.3) is 0 Å². The molecule has 0 atom stereocenters. The molecule has 1 aliphatic carbocycles. The van der Waals surface area contributed by atoms with Gasteiger partial charge < -0.3 is 4.74 Å². The van der Waals surface area contributed by atoms with Gasteiger partial charge in [0.15, 0.2) is 5.78 Å². The van der Waals surface area contributed by atoms with Crippen molar-refractivity contribution in [3.63, 3.8) is 0 Å². The Bertz CT molecular complexity index is 761. The van der Waals surface area contributed by atoms with Crippen LogP contribution in [0.1, 0.15) is 53.2 Å². The van der Waals surface area contributed by atoms with Crippen molar-refractivity contribution in [2.45, 2.75) is 46.1 Å². The van der Waals surface area contributed by atoms with Crippen LogP contribution in [0.4, 0.5) is 0 Å². The van der Waals surface area contributed by atoms with Gasteiger partial charge in [-0.2, -0.15) is 0 Å². The maximum absolute atomic E-state index is 11.4. The van der Waals surface area contributed by atoms with Gasteiger partial charge in [-0.25, -0.2) is 0 Å². The Hall–Kier alpha value is -2.13. The SMILES string of the molecule is CC1CCN(Cc2ccccc2)CC1.COc1cc2c(cc1C)CCC2=O. The summed E-state index contributed by atoms with van der Waals surface area (Å²) in [6.45, 7) is 8.04. The first-order valence-corrected chi connectivity index (χ1v) is 10.0. The summed E-state index contributed by atoms with van der Waals surface area (Å²) < 4.78 is 5.17. The number of carbonyl (C=O) groups is 1. The molecule has 0 unspecified atom stereocenters. The number of hydrogen-bond donors (Lipinski definition) is 0. The topological polar surface area (TPSA) is 29.5 Å². The highest BCUT2D eigenvalue weighted by Gasteiger charge is 2.20. The van der Waals surface area contributed by atoms with E-state index in [2.05, 4.69) is 48.2 Å². The van der Waals surface area contributed by atoms with Crippen LogP contribution in [-0.2, 0) is 13.0 Å². The molecule has 0 N–H and O–H groups in total. The average Bonchev–Trinajstić information content (AvgIpc) is 3.04. The van der Waals surface area contributed by atoms with Crippen LogP contribution >= 0.6 is 0 Å². The lowest BCUT2D eigenvalue weighted by atomic mass is 9.99. The van der Waals surface area contributed by atoms with Crippen molar-refractivity contribution < 1.29 is 9.53 Å². The fourth-order valence-corrected chi connectivity index (χ4v) is 3.88. The highest BCUT2D eigenvalue weighted by molar-refractivity contribution is 6.00. The number of benzene rings is 2. The number of ether oxygens (including phenoxy) is 1. The molecule has 1 fully saturated rings. The minimum atomic E-state index is 0.244. The number of rotatable bonds is 3. The number of carbonyl (C=O) groups excluding carboxylic acids is 1. The fourth-order valence-electron chi connectivity index (χ4n) is 3.88. The first kappa shape index (κ1) is 19.6. The maximum Gasteiger partial charge on any atom is 0.163 e. The molecule has 3 nitrogen and oxygen atoms in total. The quantitative estimate of drug-likeness (QED) is 0.762. The van der Waals surface area contributed by atoms with Crippen molar-refractivity contribution >= 4 is 5.78 Å². The van der Waals surface area contributed by atoms with E-state index in [1.807, 2.05) is 13.0 Å². The summed E-state index contributed by atoms with van der Waals surface area (Å²) in [6, 6.07) is 14.7. The number of hydrogen-bond acceptors (Lipinski definition) is 3. The molecule has 2 aromatic carbocycles. The molecule has 0 saturated carbocycles. The molecule has 2 aliphatic rings. The molecule has 144 valence electrons. The molecule has 1 heterocycles. The Labute approximate surface area is 163 Å². The summed E-state index contributed by atoms with van der Waals surface area (Å²) in [6.07, 6.45) is 4.28. The molecular weight excluding hydrogens is 334 g/mol. The largest absolute Gasteiger partial charge is 0.496 e.